The zero-order valence-electron chi connectivity index (χ0n) is 12.2. The first-order valence-corrected chi connectivity index (χ1v) is 9.48. The number of hydrogen-bond donors (Lipinski definition) is 1. The van der Waals surface area contributed by atoms with E-state index in [2.05, 4.69) is 9.46 Å². The van der Waals surface area contributed by atoms with Crippen molar-refractivity contribution in [2.75, 3.05) is 19.1 Å². The van der Waals surface area contributed by atoms with E-state index in [-0.39, 0.29) is 16.5 Å². The second-order valence-electron chi connectivity index (χ2n) is 4.58. The van der Waals surface area contributed by atoms with Gasteiger partial charge in [-0.2, -0.15) is 0 Å². The molecule has 118 valence electrons. The highest BCUT2D eigenvalue weighted by Crippen LogP contribution is 2.17. The molecule has 6 nitrogen and oxygen atoms in total. The van der Waals surface area contributed by atoms with Crippen LogP contribution in [0.2, 0.25) is 0 Å². The van der Waals surface area contributed by atoms with Gasteiger partial charge in [0.2, 0.25) is 10.0 Å². The number of rotatable bonds is 7. The van der Waals surface area contributed by atoms with E-state index < -0.39 is 26.8 Å². The van der Waals surface area contributed by atoms with Crippen LogP contribution in [-0.4, -0.2) is 43.8 Å². The molecule has 0 amide bonds. The lowest BCUT2D eigenvalue weighted by atomic mass is 10.2. The third kappa shape index (κ3) is 5.22. The fourth-order valence-electron chi connectivity index (χ4n) is 1.71. The third-order valence-electron chi connectivity index (χ3n) is 2.78. The van der Waals surface area contributed by atoms with Crippen LogP contribution < -0.4 is 4.72 Å². The maximum absolute atomic E-state index is 12.3. The van der Waals surface area contributed by atoms with Crippen molar-refractivity contribution >= 4 is 26.8 Å². The Labute approximate surface area is 127 Å². The number of methoxy groups -OCH3 is 1. The molecule has 0 bridgehead atoms. The molecule has 0 heterocycles. The van der Waals surface area contributed by atoms with Crippen molar-refractivity contribution in [1.82, 2.24) is 4.72 Å². The van der Waals surface area contributed by atoms with Gasteiger partial charge in [0.1, 0.15) is 0 Å². The number of esters is 1. The molecule has 1 rings (SSSR count). The average molecular weight is 333 g/mol. The fourth-order valence-corrected chi connectivity index (χ4v) is 3.87. The SMILES string of the molecule is COC(=O)c1ccccc1S(=O)(=O)NC(C)CCS(C)=O. The van der Waals surface area contributed by atoms with Crippen molar-refractivity contribution in [3.8, 4) is 0 Å². The summed E-state index contributed by atoms with van der Waals surface area (Å²) in [7, 11) is -3.63. The van der Waals surface area contributed by atoms with Gasteiger partial charge in [0, 0.05) is 28.9 Å². The molecule has 21 heavy (non-hydrogen) atoms. The highest BCUT2D eigenvalue weighted by Gasteiger charge is 2.24. The van der Waals surface area contributed by atoms with Crippen LogP contribution in [-0.2, 0) is 25.6 Å². The van der Waals surface area contributed by atoms with Crippen molar-refractivity contribution < 1.29 is 22.2 Å². The van der Waals surface area contributed by atoms with Gasteiger partial charge < -0.3 is 4.74 Å². The van der Waals surface area contributed by atoms with Gasteiger partial charge in [0.25, 0.3) is 0 Å². The Morgan fingerprint density at radius 1 is 1.38 bits per heavy atom. The first kappa shape index (κ1) is 17.8. The minimum atomic E-state index is -3.84. The van der Waals surface area contributed by atoms with Crippen LogP contribution in [0.4, 0.5) is 0 Å². The number of ether oxygens (including phenoxy) is 1. The maximum atomic E-state index is 12.3. The molecule has 1 aromatic rings. The molecule has 0 aliphatic carbocycles. The molecule has 8 heteroatoms. The summed E-state index contributed by atoms with van der Waals surface area (Å²) in [6.07, 6.45) is 2.01. The molecule has 0 aromatic heterocycles. The van der Waals surface area contributed by atoms with E-state index in [1.165, 1.54) is 25.3 Å². The van der Waals surface area contributed by atoms with Gasteiger partial charge in [-0.05, 0) is 25.5 Å². The van der Waals surface area contributed by atoms with Crippen LogP contribution in [0.15, 0.2) is 29.2 Å². The van der Waals surface area contributed by atoms with E-state index in [1.54, 1.807) is 19.2 Å². The molecule has 0 saturated carbocycles. The normalized spacial score (nSPS) is 14.4. The summed E-state index contributed by atoms with van der Waals surface area (Å²) in [5.74, 6) is -0.305. The Hall–Kier alpha value is -1.25. The number of carbonyl (C=O) groups excluding carboxylic acids is 1. The predicted molar refractivity (Wildman–Crippen MR) is 81.1 cm³/mol. The highest BCUT2D eigenvalue weighted by molar-refractivity contribution is 7.89. The summed E-state index contributed by atoms with van der Waals surface area (Å²) < 4.78 is 42.8. The smallest absolute Gasteiger partial charge is 0.339 e. The zero-order chi connectivity index (χ0) is 16.0. The van der Waals surface area contributed by atoms with Crippen LogP contribution >= 0.6 is 0 Å². The molecule has 1 aromatic carbocycles. The van der Waals surface area contributed by atoms with Crippen LogP contribution in [0.1, 0.15) is 23.7 Å². The minimum absolute atomic E-state index is 0.0150. The van der Waals surface area contributed by atoms with E-state index in [9.17, 15) is 17.4 Å². The molecule has 0 fully saturated rings. The Morgan fingerprint density at radius 3 is 2.57 bits per heavy atom. The lowest BCUT2D eigenvalue weighted by Crippen LogP contribution is -2.34. The Balaban J connectivity index is 2.98. The van der Waals surface area contributed by atoms with Crippen LogP contribution in [0.5, 0.6) is 0 Å². The summed E-state index contributed by atoms with van der Waals surface area (Å²) in [6.45, 7) is 1.69. The molecule has 0 saturated heterocycles. The molecule has 2 atom stereocenters. The molecule has 2 unspecified atom stereocenters. The Morgan fingerprint density at radius 2 is 2.00 bits per heavy atom. The van der Waals surface area contributed by atoms with Crippen LogP contribution in [0, 0.1) is 0 Å². The molecular formula is C13H19NO5S2. The topological polar surface area (TPSA) is 89.5 Å². The summed E-state index contributed by atoms with van der Waals surface area (Å²) >= 11 is 0. The van der Waals surface area contributed by atoms with E-state index >= 15 is 0 Å². The van der Waals surface area contributed by atoms with Crippen LogP contribution in [0.25, 0.3) is 0 Å². The monoisotopic (exact) mass is 333 g/mol. The number of benzene rings is 1. The Kier molecular flexibility index (Phi) is 6.50. The number of sulfonamides is 1. The van der Waals surface area contributed by atoms with Gasteiger partial charge >= 0.3 is 5.97 Å². The number of carbonyl (C=O) groups is 1. The summed E-state index contributed by atoms with van der Waals surface area (Å²) in [4.78, 5) is 11.5. The van der Waals surface area contributed by atoms with E-state index in [0.717, 1.165) is 0 Å². The van der Waals surface area contributed by atoms with Gasteiger partial charge in [0.05, 0.1) is 17.6 Å². The molecule has 0 spiro atoms. The van der Waals surface area contributed by atoms with Crippen molar-refractivity contribution in [3.05, 3.63) is 29.8 Å². The van der Waals surface area contributed by atoms with Gasteiger partial charge in [-0.15, -0.1) is 0 Å². The van der Waals surface area contributed by atoms with E-state index in [4.69, 9.17) is 0 Å². The molecule has 0 aliphatic rings. The lowest BCUT2D eigenvalue weighted by Gasteiger charge is -2.15. The first-order chi connectivity index (χ1) is 9.77. The van der Waals surface area contributed by atoms with Crippen molar-refractivity contribution in [1.29, 1.82) is 0 Å². The maximum Gasteiger partial charge on any atom is 0.339 e. The predicted octanol–water partition coefficient (Wildman–Crippen LogP) is 0.909. The second kappa shape index (κ2) is 7.67. The van der Waals surface area contributed by atoms with Gasteiger partial charge in [-0.25, -0.2) is 17.9 Å². The Bertz CT molecular complexity index is 627. The van der Waals surface area contributed by atoms with E-state index in [1.807, 2.05) is 0 Å². The van der Waals surface area contributed by atoms with Crippen molar-refractivity contribution in [3.63, 3.8) is 0 Å². The molecule has 0 aliphatic heterocycles. The highest BCUT2D eigenvalue weighted by atomic mass is 32.2. The number of nitrogens with one attached hydrogen (secondary N) is 1. The largest absolute Gasteiger partial charge is 0.465 e. The van der Waals surface area contributed by atoms with Crippen LogP contribution in [0.3, 0.4) is 0 Å². The van der Waals surface area contributed by atoms with Gasteiger partial charge in [-0.1, -0.05) is 12.1 Å². The lowest BCUT2D eigenvalue weighted by molar-refractivity contribution is 0.0596. The quantitative estimate of drug-likeness (QED) is 0.749. The summed E-state index contributed by atoms with van der Waals surface area (Å²) in [5, 5.41) is 0. The average Bonchev–Trinajstić information content (AvgIpc) is 2.44. The first-order valence-electron chi connectivity index (χ1n) is 6.27. The summed E-state index contributed by atoms with van der Waals surface area (Å²) in [5.41, 5.74) is -0.0150. The summed E-state index contributed by atoms with van der Waals surface area (Å²) in [6, 6.07) is 5.46. The van der Waals surface area contributed by atoms with Gasteiger partial charge in [-0.3, -0.25) is 4.21 Å². The number of hydrogen-bond acceptors (Lipinski definition) is 5. The van der Waals surface area contributed by atoms with Gasteiger partial charge in [0.15, 0.2) is 0 Å². The molecule has 1 N–H and O–H groups in total. The third-order valence-corrected chi connectivity index (χ3v) is 5.23. The molecule has 0 radical (unpaired) electrons. The van der Waals surface area contributed by atoms with E-state index in [0.29, 0.717) is 12.2 Å². The standard InChI is InChI=1S/C13H19NO5S2/c1-10(8-9-20(3)16)14-21(17,18)12-7-5-4-6-11(12)13(15)19-2/h4-7,10,14H,8-9H2,1-3H3. The van der Waals surface area contributed by atoms with Crippen molar-refractivity contribution in [2.45, 2.75) is 24.3 Å². The second-order valence-corrected chi connectivity index (χ2v) is 7.81. The van der Waals surface area contributed by atoms with Crippen molar-refractivity contribution in [2.24, 2.45) is 0 Å². The minimum Gasteiger partial charge on any atom is -0.465 e. The molecular weight excluding hydrogens is 314 g/mol. The zero-order valence-corrected chi connectivity index (χ0v) is 13.8. The fraction of sp³-hybridized carbons (Fsp3) is 0.462.